The zero-order valence-corrected chi connectivity index (χ0v) is 9.55. The molecular weight excluding hydrogens is 242 g/mol. The molecule has 0 fully saturated rings. The molecule has 0 radical (unpaired) electrons. The average Bonchev–Trinajstić information content (AvgIpc) is 2.75. The van der Waals surface area contributed by atoms with Crippen LogP contribution >= 0.6 is 11.6 Å². The summed E-state index contributed by atoms with van der Waals surface area (Å²) in [6, 6.07) is 4.88. The number of anilines is 2. The van der Waals surface area contributed by atoms with Crippen LogP contribution in [0.15, 0.2) is 30.9 Å². The first kappa shape index (κ1) is 11.4. The van der Waals surface area contributed by atoms with E-state index in [1.54, 1.807) is 18.2 Å². The van der Waals surface area contributed by atoms with E-state index in [9.17, 15) is 4.79 Å². The van der Waals surface area contributed by atoms with E-state index in [0.717, 1.165) is 0 Å². The summed E-state index contributed by atoms with van der Waals surface area (Å²) in [5.74, 6) is -0.232. The number of amides is 1. The number of aromatic nitrogens is 3. The Bertz CT molecular complexity index is 525. The highest BCUT2D eigenvalue weighted by molar-refractivity contribution is 6.31. The van der Waals surface area contributed by atoms with E-state index >= 15 is 0 Å². The van der Waals surface area contributed by atoms with Crippen LogP contribution in [0, 0.1) is 0 Å². The van der Waals surface area contributed by atoms with Gasteiger partial charge in [0.25, 0.3) is 0 Å². The lowest BCUT2D eigenvalue weighted by molar-refractivity contribution is -0.116. The summed E-state index contributed by atoms with van der Waals surface area (Å²) < 4.78 is 1.42. The molecule has 0 unspecified atom stereocenters. The highest BCUT2D eigenvalue weighted by Crippen LogP contribution is 2.22. The molecule has 0 saturated heterocycles. The first-order valence-corrected chi connectivity index (χ1v) is 5.20. The van der Waals surface area contributed by atoms with Crippen LogP contribution in [0.4, 0.5) is 11.4 Å². The zero-order valence-electron chi connectivity index (χ0n) is 8.80. The molecule has 3 N–H and O–H groups in total. The molecule has 2 aromatic rings. The number of rotatable bonds is 3. The molecule has 0 aliphatic heterocycles. The number of nitrogens with zero attached hydrogens (tertiary/aromatic N) is 3. The Morgan fingerprint density at radius 1 is 1.53 bits per heavy atom. The normalized spacial score (nSPS) is 10.2. The van der Waals surface area contributed by atoms with Gasteiger partial charge in [0.1, 0.15) is 19.2 Å². The van der Waals surface area contributed by atoms with Gasteiger partial charge in [-0.1, -0.05) is 11.6 Å². The number of benzene rings is 1. The minimum Gasteiger partial charge on any atom is -0.397 e. The molecule has 88 valence electrons. The van der Waals surface area contributed by atoms with Crippen LogP contribution in [0.25, 0.3) is 0 Å². The zero-order chi connectivity index (χ0) is 12.3. The molecule has 0 saturated carbocycles. The summed E-state index contributed by atoms with van der Waals surface area (Å²) in [6.07, 6.45) is 2.83. The van der Waals surface area contributed by atoms with Crippen LogP contribution in [-0.2, 0) is 11.3 Å². The van der Waals surface area contributed by atoms with Gasteiger partial charge in [-0.2, -0.15) is 5.10 Å². The number of nitrogen functional groups attached to an aromatic ring is 1. The first-order chi connectivity index (χ1) is 8.15. The molecule has 2 rings (SSSR count). The highest BCUT2D eigenvalue weighted by Gasteiger charge is 2.06. The maximum Gasteiger partial charge on any atom is 0.246 e. The van der Waals surface area contributed by atoms with Gasteiger partial charge in [-0.25, -0.2) is 9.67 Å². The summed E-state index contributed by atoms with van der Waals surface area (Å²) in [6.45, 7) is 0.0854. The highest BCUT2D eigenvalue weighted by atomic mass is 35.5. The molecule has 0 spiro atoms. The number of hydrogen-bond donors (Lipinski definition) is 2. The van der Waals surface area contributed by atoms with Crippen molar-refractivity contribution >= 4 is 28.9 Å². The van der Waals surface area contributed by atoms with Crippen molar-refractivity contribution in [3.63, 3.8) is 0 Å². The van der Waals surface area contributed by atoms with Crippen LogP contribution < -0.4 is 11.1 Å². The maximum absolute atomic E-state index is 11.6. The molecule has 1 heterocycles. The number of nitrogens with two attached hydrogens (primary N) is 1. The van der Waals surface area contributed by atoms with Gasteiger partial charge in [-0.05, 0) is 18.2 Å². The van der Waals surface area contributed by atoms with E-state index in [2.05, 4.69) is 15.4 Å². The van der Waals surface area contributed by atoms with Crippen molar-refractivity contribution in [2.45, 2.75) is 6.54 Å². The molecule has 6 nitrogen and oxygen atoms in total. The SMILES string of the molecule is Nc1cc(Cl)ccc1NC(=O)Cn1cncn1. The fourth-order valence-corrected chi connectivity index (χ4v) is 1.48. The summed E-state index contributed by atoms with van der Waals surface area (Å²) in [4.78, 5) is 15.4. The summed E-state index contributed by atoms with van der Waals surface area (Å²) in [5, 5.41) is 7.02. The third kappa shape index (κ3) is 2.94. The maximum atomic E-state index is 11.6. The Labute approximate surface area is 102 Å². The van der Waals surface area contributed by atoms with Gasteiger partial charge in [0.2, 0.25) is 5.91 Å². The quantitative estimate of drug-likeness (QED) is 0.802. The fraction of sp³-hybridized carbons (Fsp3) is 0.100. The van der Waals surface area contributed by atoms with Gasteiger partial charge in [-0.15, -0.1) is 0 Å². The number of hydrogen-bond acceptors (Lipinski definition) is 4. The van der Waals surface area contributed by atoms with Gasteiger partial charge >= 0.3 is 0 Å². The standard InChI is InChI=1S/C10H10ClN5O/c11-7-1-2-9(8(12)3-7)15-10(17)4-16-6-13-5-14-16/h1-3,5-6H,4,12H2,(H,15,17). The van der Waals surface area contributed by atoms with E-state index in [-0.39, 0.29) is 12.5 Å². The molecule has 0 bridgehead atoms. The number of nitrogens with one attached hydrogen (secondary N) is 1. The lowest BCUT2D eigenvalue weighted by Gasteiger charge is -2.08. The first-order valence-electron chi connectivity index (χ1n) is 4.82. The van der Waals surface area contributed by atoms with Crippen LogP contribution in [0.5, 0.6) is 0 Å². The van der Waals surface area contributed by atoms with Gasteiger partial charge in [0, 0.05) is 5.02 Å². The lowest BCUT2D eigenvalue weighted by Crippen LogP contribution is -2.19. The van der Waals surface area contributed by atoms with Crippen molar-refractivity contribution in [1.29, 1.82) is 0 Å². The second-order valence-corrected chi connectivity index (χ2v) is 3.81. The van der Waals surface area contributed by atoms with Gasteiger partial charge in [0.05, 0.1) is 11.4 Å². The van der Waals surface area contributed by atoms with Crippen LogP contribution in [0.3, 0.4) is 0 Å². The monoisotopic (exact) mass is 251 g/mol. The topological polar surface area (TPSA) is 85.8 Å². The number of carbonyl (C=O) groups excluding carboxylic acids is 1. The Morgan fingerprint density at radius 3 is 3.00 bits per heavy atom. The molecule has 1 aromatic carbocycles. The Balaban J connectivity index is 2.03. The number of carbonyl (C=O) groups is 1. The third-order valence-corrected chi connectivity index (χ3v) is 2.29. The minimum atomic E-state index is -0.232. The second-order valence-electron chi connectivity index (χ2n) is 3.37. The smallest absolute Gasteiger partial charge is 0.246 e. The van der Waals surface area contributed by atoms with Crippen molar-refractivity contribution in [2.24, 2.45) is 0 Å². The number of halogens is 1. The van der Waals surface area contributed by atoms with Crippen LogP contribution in [0.2, 0.25) is 5.02 Å². The largest absolute Gasteiger partial charge is 0.397 e. The molecule has 0 aliphatic rings. The Kier molecular flexibility index (Phi) is 3.24. The average molecular weight is 252 g/mol. The van der Waals surface area contributed by atoms with Crippen molar-refractivity contribution < 1.29 is 4.79 Å². The third-order valence-electron chi connectivity index (χ3n) is 2.06. The molecule has 17 heavy (non-hydrogen) atoms. The van der Waals surface area contributed by atoms with Crippen molar-refractivity contribution in [2.75, 3.05) is 11.1 Å². The molecule has 1 amide bonds. The summed E-state index contributed by atoms with van der Waals surface area (Å²) in [7, 11) is 0. The predicted molar refractivity (Wildman–Crippen MR) is 64.5 cm³/mol. The van der Waals surface area contributed by atoms with E-state index in [1.807, 2.05) is 0 Å². The molecule has 7 heteroatoms. The van der Waals surface area contributed by atoms with Gasteiger partial charge in [0.15, 0.2) is 0 Å². The van der Waals surface area contributed by atoms with Crippen molar-refractivity contribution in [3.05, 3.63) is 35.9 Å². The summed E-state index contributed by atoms with van der Waals surface area (Å²) >= 11 is 5.75. The van der Waals surface area contributed by atoms with E-state index in [0.29, 0.717) is 16.4 Å². The molecular formula is C10H10ClN5O. The van der Waals surface area contributed by atoms with E-state index < -0.39 is 0 Å². The van der Waals surface area contributed by atoms with Crippen molar-refractivity contribution in [1.82, 2.24) is 14.8 Å². The van der Waals surface area contributed by atoms with E-state index in [1.165, 1.54) is 17.3 Å². The van der Waals surface area contributed by atoms with Crippen molar-refractivity contribution in [3.8, 4) is 0 Å². The van der Waals surface area contributed by atoms with E-state index in [4.69, 9.17) is 17.3 Å². The predicted octanol–water partition coefficient (Wildman–Crippen LogP) is 1.15. The van der Waals surface area contributed by atoms with Gasteiger partial charge in [-0.3, -0.25) is 4.79 Å². The summed E-state index contributed by atoms with van der Waals surface area (Å²) in [5.41, 5.74) is 6.66. The van der Waals surface area contributed by atoms with Crippen LogP contribution in [-0.4, -0.2) is 20.7 Å². The van der Waals surface area contributed by atoms with Crippen LogP contribution in [0.1, 0.15) is 0 Å². The second kappa shape index (κ2) is 4.84. The Hall–Kier alpha value is -2.08. The Morgan fingerprint density at radius 2 is 2.35 bits per heavy atom. The lowest BCUT2D eigenvalue weighted by atomic mass is 10.2. The molecule has 0 aliphatic carbocycles. The fourth-order valence-electron chi connectivity index (χ4n) is 1.30. The van der Waals surface area contributed by atoms with Gasteiger partial charge < -0.3 is 11.1 Å². The molecule has 0 atom stereocenters. The minimum absolute atomic E-state index is 0.0854. The molecule has 1 aromatic heterocycles.